The molecule has 1 atom stereocenters. The summed E-state index contributed by atoms with van der Waals surface area (Å²) in [4.78, 5) is 31.1. The summed E-state index contributed by atoms with van der Waals surface area (Å²) in [5.74, 6) is 0.0648. The number of piperazine rings is 1. The van der Waals surface area contributed by atoms with Crippen LogP contribution in [0.15, 0.2) is 48.5 Å². The predicted octanol–water partition coefficient (Wildman–Crippen LogP) is 1.45. The minimum atomic E-state index is -0.962. The fourth-order valence-corrected chi connectivity index (χ4v) is 4.77. The second-order valence-corrected chi connectivity index (χ2v) is 9.87. The number of anilines is 1. The van der Waals surface area contributed by atoms with Gasteiger partial charge in [0.05, 0.1) is 5.92 Å². The molecule has 0 spiro atoms. The van der Waals surface area contributed by atoms with Gasteiger partial charge in [-0.05, 0) is 55.3 Å². The van der Waals surface area contributed by atoms with Crippen molar-refractivity contribution in [2.24, 2.45) is 5.92 Å². The number of carbonyl (C=O) groups excluding carboxylic acids is 2. The molecule has 3 N–H and O–H groups in total. The molecule has 0 aromatic heterocycles. The minimum absolute atomic E-state index is 0.0303. The van der Waals surface area contributed by atoms with E-state index in [1.165, 1.54) is 0 Å². The molecular weight excluding hydrogens is 432 g/mol. The van der Waals surface area contributed by atoms with Gasteiger partial charge < -0.3 is 25.3 Å². The van der Waals surface area contributed by atoms with Gasteiger partial charge in [0, 0.05) is 50.5 Å². The van der Waals surface area contributed by atoms with Crippen molar-refractivity contribution in [3.63, 3.8) is 0 Å². The van der Waals surface area contributed by atoms with Crippen LogP contribution < -0.4 is 5.32 Å². The van der Waals surface area contributed by atoms with E-state index in [4.69, 9.17) is 0 Å². The van der Waals surface area contributed by atoms with Crippen LogP contribution in [0.4, 0.5) is 5.69 Å². The summed E-state index contributed by atoms with van der Waals surface area (Å²) in [7, 11) is 2.00. The summed E-state index contributed by atoms with van der Waals surface area (Å²) in [5, 5.41) is 23.5. The van der Waals surface area contributed by atoms with E-state index >= 15 is 0 Å². The fourth-order valence-electron chi connectivity index (χ4n) is 4.77. The molecule has 1 unspecified atom stereocenters. The fraction of sp³-hybridized carbons (Fsp3) is 0.462. The van der Waals surface area contributed by atoms with E-state index in [9.17, 15) is 19.8 Å². The van der Waals surface area contributed by atoms with Crippen molar-refractivity contribution < 1.29 is 19.8 Å². The first-order valence-electron chi connectivity index (χ1n) is 12.0. The third-order valence-electron chi connectivity index (χ3n) is 7.22. The van der Waals surface area contributed by atoms with E-state index in [0.717, 1.165) is 29.9 Å². The van der Waals surface area contributed by atoms with Gasteiger partial charge in [-0.25, -0.2) is 0 Å². The van der Waals surface area contributed by atoms with Crippen molar-refractivity contribution in [1.82, 2.24) is 14.7 Å². The zero-order chi connectivity index (χ0) is 23.9. The maximum Gasteiger partial charge on any atom is 0.253 e. The molecule has 3 aliphatic rings. The highest BCUT2D eigenvalue weighted by Crippen LogP contribution is 2.39. The SMILES string of the molecule is CN1CC(C(=O)Nc2cccc(-c3ccc(C(=O)N4CCN(C(O)C5(O)CC5)CC4)cc3)c2)C1. The Bertz CT molecular complexity index is 1050. The lowest BCUT2D eigenvalue weighted by Gasteiger charge is -2.38. The highest BCUT2D eigenvalue weighted by molar-refractivity contribution is 5.95. The van der Waals surface area contributed by atoms with Crippen molar-refractivity contribution in [1.29, 1.82) is 0 Å². The molecule has 0 bridgehead atoms. The predicted molar refractivity (Wildman–Crippen MR) is 129 cm³/mol. The monoisotopic (exact) mass is 464 g/mol. The first kappa shape index (κ1) is 23.0. The van der Waals surface area contributed by atoms with Gasteiger partial charge in [0.15, 0.2) is 0 Å². The summed E-state index contributed by atoms with van der Waals surface area (Å²) >= 11 is 0. The van der Waals surface area contributed by atoms with Crippen LogP contribution in [0, 0.1) is 5.92 Å². The van der Waals surface area contributed by atoms with Crippen LogP contribution in [-0.2, 0) is 4.79 Å². The third kappa shape index (κ3) is 4.72. The lowest BCUT2D eigenvalue weighted by Crippen LogP contribution is -2.55. The van der Waals surface area contributed by atoms with E-state index in [1.807, 2.05) is 60.5 Å². The van der Waals surface area contributed by atoms with Gasteiger partial charge in [0.1, 0.15) is 11.8 Å². The number of aliphatic hydroxyl groups is 2. The molecule has 0 radical (unpaired) electrons. The smallest absolute Gasteiger partial charge is 0.253 e. The lowest BCUT2D eigenvalue weighted by molar-refractivity contribution is -0.124. The molecule has 34 heavy (non-hydrogen) atoms. The molecular formula is C26H32N4O4. The van der Waals surface area contributed by atoms with Gasteiger partial charge in [0.25, 0.3) is 5.91 Å². The normalized spacial score (nSPS) is 21.6. The van der Waals surface area contributed by atoms with Crippen LogP contribution in [0.5, 0.6) is 0 Å². The number of carbonyl (C=O) groups is 2. The van der Waals surface area contributed by atoms with Crippen molar-refractivity contribution in [3.05, 3.63) is 54.1 Å². The first-order chi connectivity index (χ1) is 16.3. The number of nitrogens with zero attached hydrogens (tertiary/aromatic N) is 3. The zero-order valence-electron chi connectivity index (χ0n) is 19.5. The van der Waals surface area contributed by atoms with Crippen molar-refractivity contribution in [3.8, 4) is 11.1 Å². The molecule has 2 amide bonds. The molecule has 2 heterocycles. The minimum Gasteiger partial charge on any atom is -0.386 e. The highest BCUT2D eigenvalue weighted by atomic mass is 16.4. The molecule has 8 nitrogen and oxygen atoms in total. The molecule has 2 saturated heterocycles. The number of benzene rings is 2. The summed E-state index contributed by atoms with van der Waals surface area (Å²) in [6.45, 7) is 3.71. The quantitative estimate of drug-likeness (QED) is 0.599. The van der Waals surface area contributed by atoms with Crippen LogP contribution in [-0.4, -0.2) is 94.9 Å². The third-order valence-corrected chi connectivity index (χ3v) is 7.22. The Morgan fingerprint density at radius 2 is 1.68 bits per heavy atom. The number of aliphatic hydroxyl groups excluding tert-OH is 1. The van der Waals surface area contributed by atoms with Crippen molar-refractivity contribution in [2.75, 3.05) is 51.6 Å². The van der Waals surface area contributed by atoms with E-state index in [1.54, 1.807) is 4.90 Å². The topological polar surface area (TPSA) is 96.4 Å². The number of hydrogen-bond donors (Lipinski definition) is 3. The molecule has 1 saturated carbocycles. The molecule has 180 valence electrons. The van der Waals surface area contributed by atoms with Gasteiger partial charge in [0.2, 0.25) is 5.91 Å². The molecule has 5 rings (SSSR count). The van der Waals surface area contributed by atoms with E-state index in [2.05, 4.69) is 10.2 Å². The van der Waals surface area contributed by atoms with Gasteiger partial charge in [-0.2, -0.15) is 0 Å². The summed E-state index contributed by atoms with van der Waals surface area (Å²) < 4.78 is 0. The van der Waals surface area contributed by atoms with Crippen LogP contribution in [0.3, 0.4) is 0 Å². The second-order valence-electron chi connectivity index (χ2n) is 9.87. The Kier molecular flexibility index (Phi) is 6.16. The van der Waals surface area contributed by atoms with Gasteiger partial charge >= 0.3 is 0 Å². The largest absolute Gasteiger partial charge is 0.386 e. The van der Waals surface area contributed by atoms with Crippen LogP contribution in [0.1, 0.15) is 23.2 Å². The summed E-state index contributed by atoms with van der Waals surface area (Å²) in [6.07, 6.45) is 0.416. The van der Waals surface area contributed by atoms with E-state index in [0.29, 0.717) is 44.6 Å². The standard InChI is InChI=1S/C26H32N4O4/c1-28-16-21(17-28)23(31)27-22-4-2-3-20(15-22)18-5-7-19(8-6-18)24(32)29-11-13-30(14-12-29)25(33)26(34)9-10-26/h2-8,15,21,25,33-34H,9-14,16-17H2,1H3,(H,27,31). The van der Waals surface area contributed by atoms with Gasteiger partial charge in [-0.3, -0.25) is 14.5 Å². The number of nitrogens with one attached hydrogen (secondary N) is 1. The van der Waals surface area contributed by atoms with Crippen LogP contribution in [0.2, 0.25) is 0 Å². The van der Waals surface area contributed by atoms with Crippen LogP contribution >= 0.6 is 0 Å². The first-order valence-corrected chi connectivity index (χ1v) is 12.0. The molecule has 8 heteroatoms. The second kappa shape index (κ2) is 9.11. The Hall–Kier alpha value is -2.78. The number of rotatable bonds is 6. The van der Waals surface area contributed by atoms with E-state index < -0.39 is 11.8 Å². The average molecular weight is 465 g/mol. The number of hydrogen-bond acceptors (Lipinski definition) is 6. The molecule has 2 aliphatic heterocycles. The van der Waals surface area contributed by atoms with E-state index in [-0.39, 0.29) is 17.7 Å². The maximum absolute atomic E-state index is 13.0. The Morgan fingerprint density at radius 1 is 1.00 bits per heavy atom. The maximum atomic E-state index is 13.0. The lowest BCUT2D eigenvalue weighted by atomic mass is 9.99. The highest BCUT2D eigenvalue weighted by Gasteiger charge is 2.50. The molecule has 2 aromatic carbocycles. The average Bonchev–Trinajstić information content (AvgIpc) is 3.60. The Balaban J connectivity index is 1.18. The summed E-state index contributed by atoms with van der Waals surface area (Å²) in [6, 6.07) is 15.3. The van der Waals surface area contributed by atoms with Gasteiger partial charge in [-0.1, -0.05) is 24.3 Å². The zero-order valence-corrected chi connectivity index (χ0v) is 19.5. The number of amides is 2. The van der Waals surface area contributed by atoms with Crippen molar-refractivity contribution >= 4 is 17.5 Å². The number of likely N-dealkylation sites (tertiary alicyclic amines) is 1. The molecule has 2 aromatic rings. The Labute approximate surface area is 199 Å². The van der Waals surface area contributed by atoms with Crippen LogP contribution in [0.25, 0.3) is 11.1 Å². The molecule has 3 fully saturated rings. The summed E-state index contributed by atoms with van der Waals surface area (Å²) in [5.41, 5.74) is 2.38. The molecule has 1 aliphatic carbocycles. The van der Waals surface area contributed by atoms with Crippen molar-refractivity contribution in [2.45, 2.75) is 24.7 Å². The van der Waals surface area contributed by atoms with Gasteiger partial charge in [-0.15, -0.1) is 0 Å². The Morgan fingerprint density at radius 3 is 2.29 bits per heavy atom.